The summed E-state index contributed by atoms with van der Waals surface area (Å²) in [6, 6.07) is 8.54. The zero-order valence-electron chi connectivity index (χ0n) is 14.8. The summed E-state index contributed by atoms with van der Waals surface area (Å²) < 4.78 is 5.66. The molecule has 0 radical (unpaired) electrons. The molecule has 4 bridgehead atoms. The van der Waals surface area contributed by atoms with Gasteiger partial charge in [0, 0.05) is 11.6 Å². The van der Waals surface area contributed by atoms with Crippen LogP contribution in [0.25, 0.3) is 0 Å². The van der Waals surface area contributed by atoms with E-state index in [4.69, 9.17) is 4.74 Å². The molecule has 1 heterocycles. The zero-order valence-corrected chi connectivity index (χ0v) is 15.6. The first kappa shape index (κ1) is 16.3. The second kappa shape index (κ2) is 6.38. The Hall–Kier alpha value is -1.88. The summed E-state index contributed by atoms with van der Waals surface area (Å²) in [5, 5.41) is 5.18. The molecule has 1 amide bonds. The Morgan fingerprint density at radius 2 is 1.77 bits per heavy atom. The number of nitrogens with zero attached hydrogens (tertiary/aromatic N) is 1. The Labute approximate surface area is 158 Å². The van der Waals surface area contributed by atoms with Crippen LogP contribution in [0, 0.1) is 17.8 Å². The van der Waals surface area contributed by atoms with Gasteiger partial charge in [0.1, 0.15) is 5.75 Å². The number of aromatic nitrogens is 1. The van der Waals surface area contributed by atoms with Crippen molar-refractivity contribution < 1.29 is 9.53 Å². The molecule has 5 heteroatoms. The fraction of sp³-hybridized carbons (Fsp3) is 0.524. The highest BCUT2D eigenvalue weighted by Gasteiger charge is 2.51. The van der Waals surface area contributed by atoms with E-state index in [-0.39, 0.29) is 12.5 Å². The predicted octanol–water partition coefficient (Wildman–Crippen LogP) is 4.63. The van der Waals surface area contributed by atoms with Crippen LogP contribution in [0.4, 0.5) is 5.13 Å². The third-order valence-electron chi connectivity index (χ3n) is 6.55. The van der Waals surface area contributed by atoms with Crippen LogP contribution >= 0.6 is 11.3 Å². The van der Waals surface area contributed by atoms with Crippen molar-refractivity contribution in [2.24, 2.45) is 17.8 Å². The Morgan fingerprint density at radius 1 is 1.12 bits per heavy atom. The molecule has 26 heavy (non-hydrogen) atoms. The van der Waals surface area contributed by atoms with Crippen molar-refractivity contribution in [2.75, 3.05) is 11.9 Å². The first-order chi connectivity index (χ1) is 12.7. The fourth-order valence-electron chi connectivity index (χ4n) is 5.96. The lowest BCUT2D eigenvalue weighted by molar-refractivity contribution is -0.118. The lowest BCUT2D eigenvalue weighted by Gasteiger charge is -2.57. The monoisotopic (exact) mass is 368 g/mol. The third kappa shape index (κ3) is 3.02. The standard InChI is InChI=1S/C21H24N2O2S/c24-19(23-20-22-5-6-26-20)13-25-18-3-1-17(2-4-18)21-10-14-7-15(11-21)9-16(8-14)12-21/h1-6,14-16H,7-13H2,(H,22,23,24). The lowest BCUT2D eigenvalue weighted by atomic mass is 9.48. The summed E-state index contributed by atoms with van der Waals surface area (Å²) in [7, 11) is 0. The number of thiazole rings is 1. The van der Waals surface area contributed by atoms with Crippen LogP contribution < -0.4 is 10.1 Å². The lowest BCUT2D eigenvalue weighted by Crippen LogP contribution is -2.48. The molecule has 6 rings (SSSR count). The van der Waals surface area contributed by atoms with Gasteiger partial charge in [-0.3, -0.25) is 10.1 Å². The molecular weight excluding hydrogens is 344 g/mol. The highest BCUT2D eigenvalue weighted by molar-refractivity contribution is 7.13. The van der Waals surface area contributed by atoms with Crippen molar-refractivity contribution in [2.45, 2.75) is 43.9 Å². The van der Waals surface area contributed by atoms with Gasteiger partial charge in [0.25, 0.3) is 5.91 Å². The number of benzene rings is 1. The van der Waals surface area contributed by atoms with Crippen molar-refractivity contribution in [1.82, 2.24) is 4.98 Å². The first-order valence-corrected chi connectivity index (χ1v) is 10.5. The van der Waals surface area contributed by atoms with Gasteiger partial charge in [-0.1, -0.05) is 12.1 Å². The minimum absolute atomic E-state index is 0.0102. The van der Waals surface area contributed by atoms with Gasteiger partial charge >= 0.3 is 0 Å². The van der Waals surface area contributed by atoms with Crippen LogP contribution in [0.2, 0.25) is 0 Å². The van der Waals surface area contributed by atoms with E-state index < -0.39 is 0 Å². The Bertz CT molecular complexity index is 750. The summed E-state index contributed by atoms with van der Waals surface area (Å²) >= 11 is 1.40. The second-order valence-electron chi connectivity index (χ2n) is 8.40. The highest BCUT2D eigenvalue weighted by atomic mass is 32.1. The molecule has 1 N–H and O–H groups in total. The van der Waals surface area contributed by atoms with E-state index in [9.17, 15) is 4.79 Å². The average molecular weight is 369 g/mol. The van der Waals surface area contributed by atoms with Crippen LogP contribution in [0.1, 0.15) is 44.1 Å². The summed E-state index contributed by atoms with van der Waals surface area (Å²) in [6.07, 6.45) is 10.2. The molecule has 0 unspecified atom stereocenters. The second-order valence-corrected chi connectivity index (χ2v) is 9.29. The number of anilines is 1. The maximum atomic E-state index is 11.9. The molecule has 0 saturated heterocycles. The highest BCUT2D eigenvalue weighted by Crippen LogP contribution is 2.60. The molecule has 4 aliphatic rings. The van der Waals surface area contributed by atoms with Gasteiger partial charge in [-0.15, -0.1) is 11.3 Å². The molecule has 4 saturated carbocycles. The van der Waals surface area contributed by atoms with Gasteiger partial charge in [0.2, 0.25) is 0 Å². The third-order valence-corrected chi connectivity index (χ3v) is 7.24. The van der Waals surface area contributed by atoms with Gasteiger partial charge in [0.05, 0.1) is 0 Å². The van der Waals surface area contributed by atoms with Crippen LogP contribution in [-0.4, -0.2) is 17.5 Å². The normalized spacial score (nSPS) is 31.8. The quantitative estimate of drug-likeness (QED) is 0.837. The zero-order chi connectivity index (χ0) is 17.6. The number of amides is 1. The molecule has 2 aromatic rings. The van der Waals surface area contributed by atoms with E-state index in [0.29, 0.717) is 10.5 Å². The minimum Gasteiger partial charge on any atom is -0.484 e. The summed E-state index contributed by atoms with van der Waals surface area (Å²) in [6.45, 7) is 0.0102. The summed E-state index contributed by atoms with van der Waals surface area (Å²) in [4.78, 5) is 16.0. The van der Waals surface area contributed by atoms with Crippen molar-refractivity contribution in [3.8, 4) is 5.75 Å². The summed E-state index contributed by atoms with van der Waals surface area (Å²) in [5.41, 5.74) is 1.89. The molecule has 0 spiro atoms. The Balaban J connectivity index is 1.23. The van der Waals surface area contributed by atoms with E-state index in [1.807, 2.05) is 17.5 Å². The molecular formula is C21H24N2O2S. The smallest absolute Gasteiger partial charge is 0.264 e. The molecule has 4 aliphatic carbocycles. The summed E-state index contributed by atoms with van der Waals surface area (Å²) in [5.74, 6) is 3.43. The largest absolute Gasteiger partial charge is 0.484 e. The molecule has 0 aliphatic heterocycles. The van der Waals surface area contributed by atoms with E-state index >= 15 is 0 Å². The van der Waals surface area contributed by atoms with E-state index in [1.165, 1.54) is 55.4 Å². The SMILES string of the molecule is O=C(COc1ccc(C23CC4CC(CC(C4)C2)C3)cc1)Nc1nccs1. The van der Waals surface area contributed by atoms with Crippen LogP contribution in [0.3, 0.4) is 0 Å². The number of ether oxygens (including phenoxy) is 1. The average Bonchev–Trinajstić information content (AvgIpc) is 3.12. The van der Waals surface area contributed by atoms with Gasteiger partial charge in [-0.25, -0.2) is 4.98 Å². The first-order valence-electron chi connectivity index (χ1n) is 9.61. The van der Waals surface area contributed by atoms with E-state index in [0.717, 1.165) is 23.5 Å². The topological polar surface area (TPSA) is 51.2 Å². The number of carbonyl (C=O) groups excluding carboxylic acids is 1. The maximum Gasteiger partial charge on any atom is 0.264 e. The molecule has 1 aromatic carbocycles. The predicted molar refractivity (Wildman–Crippen MR) is 103 cm³/mol. The Kier molecular flexibility index (Phi) is 4.00. The van der Waals surface area contributed by atoms with Crippen molar-refractivity contribution in [1.29, 1.82) is 0 Å². The Morgan fingerprint density at radius 3 is 2.35 bits per heavy atom. The van der Waals surface area contributed by atoms with Crippen LogP contribution in [0.15, 0.2) is 35.8 Å². The van der Waals surface area contributed by atoms with E-state index in [2.05, 4.69) is 22.4 Å². The van der Waals surface area contributed by atoms with Crippen molar-refractivity contribution in [3.63, 3.8) is 0 Å². The van der Waals surface area contributed by atoms with Gasteiger partial charge in [0.15, 0.2) is 11.7 Å². The van der Waals surface area contributed by atoms with Crippen LogP contribution in [0.5, 0.6) is 5.75 Å². The molecule has 136 valence electrons. The molecule has 4 fully saturated rings. The van der Waals surface area contributed by atoms with Crippen molar-refractivity contribution in [3.05, 3.63) is 41.4 Å². The minimum atomic E-state index is -0.176. The number of carbonyl (C=O) groups is 1. The number of nitrogens with one attached hydrogen (secondary N) is 1. The van der Waals surface area contributed by atoms with Crippen molar-refractivity contribution >= 4 is 22.4 Å². The number of rotatable bonds is 5. The molecule has 0 atom stereocenters. The number of hydrogen-bond acceptors (Lipinski definition) is 4. The molecule has 1 aromatic heterocycles. The van der Waals surface area contributed by atoms with Gasteiger partial charge in [-0.05, 0) is 79.4 Å². The number of hydrogen-bond donors (Lipinski definition) is 1. The van der Waals surface area contributed by atoms with Gasteiger partial charge < -0.3 is 4.74 Å². The fourth-order valence-corrected chi connectivity index (χ4v) is 6.50. The van der Waals surface area contributed by atoms with Crippen LogP contribution in [-0.2, 0) is 10.2 Å². The maximum absolute atomic E-state index is 11.9. The van der Waals surface area contributed by atoms with Gasteiger partial charge in [-0.2, -0.15) is 0 Å². The molecule has 4 nitrogen and oxygen atoms in total. The van der Waals surface area contributed by atoms with E-state index in [1.54, 1.807) is 6.20 Å².